The fourth-order valence-electron chi connectivity index (χ4n) is 2.48. The van der Waals surface area contributed by atoms with Crippen LogP contribution in [0.4, 0.5) is 0 Å². The van der Waals surface area contributed by atoms with Gasteiger partial charge in [0.2, 0.25) is 0 Å². The van der Waals surface area contributed by atoms with E-state index in [1.54, 1.807) is 7.11 Å². The molecule has 0 aliphatic rings. The van der Waals surface area contributed by atoms with Crippen LogP contribution in [0, 0.1) is 5.92 Å². The van der Waals surface area contributed by atoms with Crippen molar-refractivity contribution in [3.05, 3.63) is 24.4 Å². The summed E-state index contributed by atoms with van der Waals surface area (Å²) in [5.74, 6) is 1.62. The second kappa shape index (κ2) is 6.60. The van der Waals surface area contributed by atoms with E-state index < -0.39 is 0 Å². The van der Waals surface area contributed by atoms with Gasteiger partial charge in [0, 0.05) is 18.0 Å². The number of hydrogen-bond donors (Lipinski definition) is 0. The fraction of sp³-hybridized carbons (Fsp3) is 0.562. The number of aromatic nitrogens is 2. The van der Waals surface area contributed by atoms with Crippen LogP contribution in [0.15, 0.2) is 24.4 Å². The molecule has 104 valence electrons. The largest absolute Gasteiger partial charge is 0.497 e. The summed E-state index contributed by atoms with van der Waals surface area (Å²) in [6, 6.07) is 6.14. The Balaban J connectivity index is 2.19. The highest BCUT2D eigenvalue weighted by atomic mass is 16.5. The van der Waals surface area contributed by atoms with Crippen LogP contribution in [0.1, 0.15) is 39.5 Å². The van der Waals surface area contributed by atoms with E-state index in [2.05, 4.69) is 35.8 Å². The number of benzene rings is 1. The molecule has 0 fully saturated rings. The van der Waals surface area contributed by atoms with E-state index in [0.717, 1.165) is 12.3 Å². The highest BCUT2D eigenvalue weighted by Gasteiger charge is 2.10. The molecule has 1 heterocycles. The summed E-state index contributed by atoms with van der Waals surface area (Å²) in [6.07, 6.45) is 7.02. The third-order valence-corrected chi connectivity index (χ3v) is 3.83. The van der Waals surface area contributed by atoms with Crippen LogP contribution >= 0.6 is 0 Å². The molecule has 0 radical (unpaired) electrons. The number of unbranched alkanes of at least 4 members (excludes halogenated alkanes) is 1. The number of hydrogen-bond acceptors (Lipinski definition) is 2. The van der Waals surface area contributed by atoms with E-state index in [1.165, 1.54) is 36.6 Å². The van der Waals surface area contributed by atoms with Gasteiger partial charge < -0.3 is 4.74 Å². The van der Waals surface area contributed by atoms with Crippen molar-refractivity contribution in [1.29, 1.82) is 0 Å². The summed E-state index contributed by atoms with van der Waals surface area (Å²) >= 11 is 0. The summed E-state index contributed by atoms with van der Waals surface area (Å²) in [6.45, 7) is 5.53. The van der Waals surface area contributed by atoms with E-state index in [4.69, 9.17) is 4.74 Å². The molecule has 0 N–H and O–H groups in total. The lowest BCUT2D eigenvalue weighted by molar-refractivity contribution is 0.377. The Bertz CT molecular complexity index is 518. The molecule has 1 unspecified atom stereocenters. The van der Waals surface area contributed by atoms with Gasteiger partial charge in [-0.3, -0.25) is 4.68 Å². The molecule has 3 nitrogen and oxygen atoms in total. The molecule has 2 rings (SSSR count). The van der Waals surface area contributed by atoms with Crippen molar-refractivity contribution in [2.24, 2.45) is 5.92 Å². The van der Waals surface area contributed by atoms with Crippen LogP contribution in [0.3, 0.4) is 0 Å². The third kappa shape index (κ3) is 3.28. The molecule has 19 heavy (non-hydrogen) atoms. The van der Waals surface area contributed by atoms with E-state index in [0.29, 0.717) is 5.92 Å². The molecule has 0 aliphatic carbocycles. The topological polar surface area (TPSA) is 27.1 Å². The number of fused-ring (bicyclic) bond motifs is 1. The van der Waals surface area contributed by atoms with Gasteiger partial charge in [-0.1, -0.05) is 33.1 Å². The molecule has 2 aromatic rings. The van der Waals surface area contributed by atoms with Crippen molar-refractivity contribution < 1.29 is 4.74 Å². The molecule has 0 saturated carbocycles. The van der Waals surface area contributed by atoms with Crippen molar-refractivity contribution in [1.82, 2.24) is 9.78 Å². The van der Waals surface area contributed by atoms with Crippen LogP contribution in [0.25, 0.3) is 10.9 Å². The first-order valence-electron chi connectivity index (χ1n) is 7.28. The summed E-state index contributed by atoms with van der Waals surface area (Å²) in [7, 11) is 1.71. The fourth-order valence-corrected chi connectivity index (χ4v) is 2.48. The Labute approximate surface area is 115 Å². The first-order valence-corrected chi connectivity index (χ1v) is 7.28. The number of nitrogens with zero attached hydrogens (tertiary/aromatic N) is 2. The van der Waals surface area contributed by atoms with E-state index in [9.17, 15) is 0 Å². The first kappa shape index (κ1) is 13.9. The van der Waals surface area contributed by atoms with Gasteiger partial charge in [0.25, 0.3) is 0 Å². The zero-order valence-corrected chi connectivity index (χ0v) is 12.2. The maximum Gasteiger partial charge on any atom is 0.121 e. The van der Waals surface area contributed by atoms with Crippen molar-refractivity contribution in [2.75, 3.05) is 7.11 Å². The molecule has 0 spiro atoms. The molecule has 1 aromatic carbocycles. The zero-order chi connectivity index (χ0) is 13.7. The van der Waals surface area contributed by atoms with Crippen LogP contribution < -0.4 is 4.74 Å². The number of rotatable bonds is 7. The van der Waals surface area contributed by atoms with Gasteiger partial charge in [0.05, 0.1) is 18.8 Å². The summed E-state index contributed by atoms with van der Waals surface area (Å²) in [5, 5.41) is 5.71. The minimum absolute atomic E-state index is 0.717. The van der Waals surface area contributed by atoms with Gasteiger partial charge in [-0.25, -0.2) is 0 Å². The summed E-state index contributed by atoms with van der Waals surface area (Å²) in [4.78, 5) is 0. The van der Waals surface area contributed by atoms with Crippen LogP contribution in [0.2, 0.25) is 0 Å². The molecule has 0 bridgehead atoms. The predicted molar refractivity (Wildman–Crippen MR) is 79.6 cm³/mol. The maximum absolute atomic E-state index is 5.30. The Morgan fingerprint density at radius 1 is 1.32 bits per heavy atom. The highest BCUT2D eigenvalue weighted by Crippen LogP contribution is 2.23. The molecule has 0 saturated heterocycles. The standard InChI is InChI=1S/C16H24N2O/c1-4-6-7-13(5-2)12-18-16-10-15(19-3)9-8-14(16)11-17-18/h8-11,13H,4-7,12H2,1-3H3. The van der Waals surface area contributed by atoms with Crippen LogP contribution in [-0.4, -0.2) is 16.9 Å². The lowest BCUT2D eigenvalue weighted by Gasteiger charge is -2.15. The first-order chi connectivity index (χ1) is 9.28. The monoisotopic (exact) mass is 260 g/mol. The van der Waals surface area contributed by atoms with Gasteiger partial charge in [0.15, 0.2) is 0 Å². The van der Waals surface area contributed by atoms with Crippen molar-refractivity contribution >= 4 is 10.9 Å². The van der Waals surface area contributed by atoms with Gasteiger partial charge in [-0.15, -0.1) is 0 Å². The molecule has 1 aromatic heterocycles. The SMILES string of the molecule is CCCCC(CC)Cn1ncc2ccc(OC)cc21. The summed E-state index contributed by atoms with van der Waals surface area (Å²) in [5.41, 5.74) is 1.18. The Morgan fingerprint density at radius 3 is 2.84 bits per heavy atom. The Morgan fingerprint density at radius 2 is 2.16 bits per heavy atom. The normalized spacial score (nSPS) is 12.8. The lowest BCUT2D eigenvalue weighted by Crippen LogP contribution is -2.11. The molecule has 3 heteroatoms. The number of ether oxygens (including phenoxy) is 1. The smallest absolute Gasteiger partial charge is 0.121 e. The lowest BCUT2D eigenvalue weighted by atomic mass is 9.99. The zero-order valence-electron chi connectivity index (χ0n) is 12.2. The van der Waals surface area contributed by atoms with Crippen molar-refractivity contribution in [2.45, 2.75) is 46.1 Å². The second-order valence-electron chi connectivity index (χ2n) is 5.17. The van der Waals surface area contributed by atoms with Crippen molar-refractivity contribution in [3.63, 3.8) is 0 Å². The van der Waals surface area contributed by atoms with Gasteiger partial charge in [-0.2, -0.15) is 5.10 Å². The third-order valence-electron chi connectivity index (χ3n) is 3.83. The minimum Gasteiger partial charge on any atom is -0.497 e. The maximum atomic E-state index is 5.30. The predicted octanol–water partition coefficient (Wildman–Crippen LogP) is 4.26. The van der Waals surface area contributed by atoms with Crippen molar-refractivity contribution in [3.8, 4) is 5.75 Å². The second-order valence-corrected chi connectivity index (χ2v) is 5.17. The Kier molecular flexibility index (Phi) is 4.83. The van der Waals surface area contributed by atoms with E-state index in [-0.39, 0.29) is 0 Å². The minimum atomic E-state index is 0.717. The average Bonchev–Trinajstić information content (AvgIpc) is 2.85. The number of methoxy groups -OCH3 is 1. The molecule has 0 amide bonds. The molecule has 0 aliphatic heterocycles. The summed E-state index contributed by atoms with van der Waals surface area (Å²) < 4.78 is 7.43. The quantitative estimate of drug-likeness (QED) is 0.743. The average molecular weight is 260 g/mol. The van der Waals surface area contributed by atoms with E-state index in [1.807, 2.05) is 12.3 Å². The van der Waals surface area contributed by atoms with Gasteiger partial charge >= 0.3 is 0 Å². The molecular weight excluding hydrogens is 236 g/mol. The highest BCUT2D eigenvalue weighted by molar-refractivity contribution is 5.80. The van der Waals surface area contributed by atoms with Gasteiger partial charge in [-0.05, 0) is 24.5 Å². The van der Waals surface area contributed by atoms with E-state index >= 15 is 0 Å². The van der Waals surface area contributed by atoms with Gasteiger partial charge in [0.1, 0.15) is 5.75 Å². The Hall–Kier alpha value is -1.51. The molecule has 1 atom stereocenters. The van der Waals surface area contributed by atoms with Crippen LogP contribution in [0.5, 0.6) is 5.75 Å². The van der Waals surface area contributed by atoms with Crippen LogP contribution in [-0.2, 0) is 6.54 Å². The molecular formula is C16H24N2O.